The van der Waals surface area contributed by atoms with Crippen molar-refractivity contribution < 1.29 is 9.90 Å². The van der Waals surface area contributed by atoms with Crippen molar-refractivity contribution in [1.82, 2.24) is 25.1 Å². The van der Waals surface area contributed by atoms with E-state index in [4.69, 9.17) is 0 Å². The molecule has 0 bridgehead atoms. The van der Waals surface area contributed by atoms with Crippen molar-refractivity contribution in [3.63, 3.8) is 0 Å². The Morgan fingerprint density at radius 2 is 1.96 bits per heavy atom. The Balaban J connectivity index is 1.66. The van der Waals surface area contributed by atoms with E-state index < -0.39 is 0 Å². The smallest absolute Gasteiger partial charge is 0.270 e. The van der Waals surface area contributed by atoms with E-state index in [9.17, 15) is 9.90 Å². The molecule has 0 aliphatic rings. The fourth-order valence-electron chi connectivity index (χ4n) is 3.05. The number of amides is 1. The van der Waals surface area contributed by atoms with Gasteiger partial charge in [-0.1, -0.05) is 24.3 Å². The number of phenols is 1. The molecule has 27 heavy (non-hydrogen) atoms. The molecule has 0 saturated carbocycles. The van der Waals surface area contributed by atoms with Gasteiger partial charge in [0.1, 0.15) is 17.3 Å². The minimum atomic E-state index is -0.357. The number of fused-ring (bicyclic) bond motifs is 1. The topological polar surface area (TPSA) is 95.8 Å². The summed E-state index contributed by atoms with van der Waals surface area (Å²) in [6, 6.07) is 16.0. The van der Waals surface area contributed by atoms with Crippen LogP contribution >= 0.6 is 0 Å². The van der Waals surface area contributed by atoms with E-state index >= 15 is 0 Å². The molecule has 4 rings (SSSR count). The SMILES string of the molecule is Cn1nccc1C(=O)N[C@H](Cc1ccc(O)cc1)c1nc2ccccc2[nH]1. The first-order valence-corrected chi connectivity index (χ1v) is 8.61. The molecular formula is C20H19N5O2. The highest BCUT2D eigenvalue weighted by Crippen LogP contribution is 2.21. The lowest BCUT2D eigenvalue weighted by Crippen LogP contribution is -2.32. The van der Waals surface area contributed by atoms with Crippen molar-refractivity contribution in [3.8, 4) is 5.75 Å². The van der Waals surface area contributed by atoms with Gasteiger partial charge >= 0.3 is 0 Å². The van der Waals surface area contributed by atoms with Crippen LogP contribution in [0.25, 0.3) is 11.0 Å². The molecule has 1 amide bonds. The van der Waals surface area contributed by atoms with E-state index in [0.717, 1.165) is 16.6 Å². The van der Waals surface area contributed by atoms with Crippen molar-refractivity contribution in [3.05, 3.63) is 77.9 Å². The first kappa shape index (κ1) is 16.8. The van der Waals surface area contributed by atoms with Gasteiger partial charge in [0.25, 0.3) is 5.91 Å². The third-order valence-electron chi connectivity index (χ3n) is 4.47. The zero-order valence-corrected chi connectivity index (χ0v) is 14.8. The number of phenolic OH excluding ortho intramolecular Hbond substituents is 1. The Morgan fingerprint density at radius 1 is 1.19 bits per heavy atom. The van der Waals surface area contributed by atoms with Crippen LogP contribution in [0.3, 0.4) is 0 Å². The molecule has 7 heteroatoms. The van der Waals surface area contributed by atoms with E-state index in [1.54, 1.807) is 31.4 Å². The highest BCUT2D eigenvalue weighted by atomic mass is 16.3. The highest BCUT2D eigenvalue weighted by molar-refractivity contribution is 5.92. The van der Waals surface area contributed by atoms with Crippen LogP contribution in [-0.2, 0) is 13.5 Å². The monoisotopic (exact) mass is 361 g/mol. The standard InChI is InChI=1S/C20H19N5O2/c1-25-18(10-11-21-25)20(27)24-17(12-13-6-8-14(26)9-7-13)19-22-15-4-2-3-5-16(15)23-19/h2-11,17,26H,12H2,1H3,(H,22,23)(H,24,27)/t17-/m1/s1. The van der Waals surface area contributed by atoms with Crippen LogP contribution in [0.5, 0.6) is 5.75 Å². The van der Waals surface area contributed by atoms with Gasteiger partial charge in [-0.15, -0.1) is 0 Å². The summed E-state index contributed by atoms with van der Waals surface area (Å²) in [4.78, 5) is 20.7. The number of carbonyl (C=O) groups excluding carboxylic acids is 1. The minimum Gasteiger partial charge on any atom is -0.508 e. The van der Waals surface area contributed by atoms with Crippen LogP contribution in [0, 0.1) is 0 Å². The average Bonchev–Trinajstić information content (AvgIpc) is 3.29. The Bertz CT molecular complexity index is 1050. The number of aromatic hydroxyl groups is 1. The van der Waals surface area contributed by atoms with Crippen molar-refractivity contribution >= 4 is 16.9 Å². The quantitative estimate of drug-likeness (QED) is 0.509. The lowest BCUT2D eigenvalue weighted by Gasteiger charge is -2.17. The first-order chi connectivity index (χ1) is 13.1. The fourth-order valence-corrected chi connectivity index (χ4v) is 3.05. The molecule has 136 valence electrons. The van der Waals surface area contributed by atoms with E-state index in [1.807, 2.05) is 36.4 Å². The maximum absolute atomic E-state index is 12.7. The maximum Gasteiger partial charge on any atom is 0.270 e. The van der Waals surface area contributed by atoms with E-state index in [2.05, 4.69) is 20.4 Å². The molecule has 0 radical (unpaired) electrons. The molecular weight excluding hydrogens is 342 g/mol. The average molecular weight is 361 g/mol. The van der Waals surface area contributed by atoms with Crippen LogP contribution in [0.2, 0.25) is 0 Å². The third kappa shape index (κ3) is 3.52. The highest BCUT2D eigenvalue weighted by Gasteiger charge is 2.21. The van der Waals surface area contributed by atoms with Crippen LogP contribution in [0.1, 0.15) is 27.9 Å². The molecule has 0 aliphatic heterocycles. The normalized spacial score (nSPS) is 12.2. The van der Waals surface area contributed by atoms with Crippen LogP contribution in [0.15, 0.2) is 60.8 Å². The Kier molecular flexibility index (Phi) is 4.33. The van der Waals surface area contributed by atoms with Crippen LogP contribution in [-0.4, -0.2) is 30.8 Å². The summed E-state index contributed by atoms with van der Waals surface area (Å²) in [7, 11) is 1.73. The van der Waals surface area contributed by atoms with Gasteiger partial charge in [-0.05, 0) is 42.3 Å². The summed E-state index contributed by atoms with van der Waals surface area (Å²) in [5.41, 5.74) is 3.21. The molecule has 0 spiro atoms. The molecule has 4 aromatic rings. The van der Waals surface area contributed by atoms with E-state index in [-0.39, 0.29) is 17.7 Å². The number of para-hydroxylation sites is 2. The number of hydrogen-bond acceptors (Lipinski definition) is 4. The van der Waals surface area contributed by atoms with Gasteiger partial charge in [-0.3, -0.25) is 9.48 Å². The van der Waals surface area contributed by atoms with Crippen molar-refractivity contribution in [1.29, 1.82) is 0 Å². The lowest BCUT2D eigenvalue weighted by molar-refractivity contribution is 0.0925. The second-order valence-corrected chi connectivity index (χ2v) is 6.38. The number of nitrogens with one attached hydrogen (secondary N) is 2. The summed E-state index contributed by atoms with van der Waals surface area (Å²) in [6.07, 6.45) is 2.12. The predicted molar refractivity (Wildman–Crippen MR) is 101 cm³/mol. The van der Waals surface area contributed by atoms with Gasteiger partial charge in [0.2, 0.25) is 0 Å². The van der Waals surface area contributed by atoms with E-state index in [0.29, 0.717) is 17.9 Å². The number of aromatic amines is 1. The Morgan fingerprint density at radius 3 is 2.67 bits per heavy atom. The number of H-pyrrole nitrogens is 1. The first-order valence-electron chi connectivity index (χ1n) is 8.61. The third-order valence-corrected chi connectivity index (χ3v) is 4.47. The molecule has 0 fully saturated rings. The van der Waals surface area contributed by atoms with Crippen LogP contribution < -0.4 is 5.32 Å². The number of nitrogens with zero attached hydrogens (tertiary/aromatic N) is 3. The van der Waals surface area contributed by atoms with Gasteiger partial charge < -0.3 is 15.4 Å². The summed E-state index contributed by atoms with van der Waals surface area (Å²) in [5, 5.41) is 16.6. The summed E-state index contributed by atoms with van der Waals surface area (Å²) < 4.78 is 1.53. The Hall–Kier alpha value is -3.61. The summed E-state index contributed by atoms with van der Waals surface area (Å²) >= 11 is 0. The van der Waals surface area contributed by atoms with E-state index in [1.165, 1.54) is 4.68 Å². The summed E-state index contributed by atoms with van der Waals surface area (Å²) in [6.45, 7) is 0. The maximum atomic E-state index is 12.7. The lowest BCUT2D eigenvalue weighted by atomic mass is 10.0. The number of carbonyl (C=O) groups is 1. The minimum absolute atomic E-state index is 0.206. The predicted octanol–water partition coefficient (Wildman–Crippen LogP) is 2.72. The molecule has 2 heterocycles. The Labute approximate surface area is 155 Å². The molecule has 1 atom stereocenters. The van der Waals surface area contributed by atoms with Gasteiger partial charge in [-0.25, -0.2) is 4.98 Å². The van der Waals surface area contributed by atoms with Gasteiger partial charge in [-0.2, -0.15) is 5.10 Å². The zero-order chi connectivity index (χ0) is 18.8. The van der Waals surface area contributed by atoms with Crippen molar-refractivity contribution in [2.75, 3.05) is 0 Å². The molecule has 7 nitrogen and oxygen atoms in total. The fraction of sp³-hybridized carbons (Fsp3) is 0.150. The molecule has 2 aromatic heterocycles. The second-order valence-electron chi connectivity index (χ2n) is 6.38. The van der Waals surface area contributed by atoms with Crippen LogP contribution in [0.4, 0.5) is 0 Å². The number of aromatic nitrogens is 4. The number of hydrogen-bond donors (Lipinski definition) is 3. The zero-order valence-electron chi connectivity index (χ0n) is 14.8. The van der Waals surface area contributed by atoms with Gasteiger partial charge in [0.15, 0.2) is 0 Å². The molecule has 0 saturated heterocycles. The second kappa shape index (κ2) is 6.95. The number of aryl methyl sites for hydroxylation is 1. The molecule has 3 N–H and O–H groups in total. The molecule has 0 unspecified atom stereocenters. The summed E-state index contributed by atoms with van der Waals surface area (Å²) in [5.74, 6) is 0.664. The van der Waals surface area contributed by atoms with Gasteiger partial charge in [0.05, 0.1) is 17.1 Å². The van der Waals surface area contributed by atoms with Crippen molar-refractivity contribution in [2.24, 2.45) is 7.05 Å². The largest absolute Gasteiger partial charge is 0.508 e. The van der Waals surface area contributed by atoms with Gasteiger partial charge in [0, 0.05) is 13.2 Å². The molecule has 0 aliphatic carbocycles. The molecule has 2 aromatic carbocycles. The number of benzene rings is 2. The van der Waals surface area contributed by atoms with Crippen molar-refractivity contribution in [2.45, 2.75) is 12.5 Å². The number of rotatable bonds is 5. The number of imidazole rings is 1.